The van der Waals surface area contributed by atoms with Gasteiger partial charge in [-0.1, -0.05) is 18.2 Å². The Morgan fingerprint density at radius 1 is 1.33 bits per heavy atom. The van der Waals surface area contributed by atoms with Gasteiger partial charge >= 0.3 is 0 Å². The number of nitrogens with one attached hydrogen (secondary N) is 1. The van der Waals surface area contributed by atoms with E-state index in [1.165, 1.54) is 18.3 Å². The number of benzene rings is 2. The third kappa shape index (κ3) is 2.88. The van der Waals surface area contributed by atoms with E-state index in [9.17, 15) is 9.18 Å². The largest absolute Gasteiger partial charge is 0.350 e. The molecule has 3 rings (SSSR count). The molecule has 0 saturated carbocycles. The van der Waals surface area contributed by atoms with E-state index in [-0.39, 0.29) is 11.1 Å². The minimum atomic E-state index is -0.757. The predicted octanol–water partition coefficient (Wildman–Crippen LogP) is 2.95. The van der Waals surface area contributed by atoms with Crippen molar-refractivity contribution in [2.24, 2.45) is 12.1 Å². The summed E-state index contributed by atoms with van der Waals surface area (Å²) in [5.41, 5.74) is 4.18. The van der Waals surface area contributed by atoms with E-state index in [0.29, 0.717) is 0 Å². The number of hydrogen-bond donors (Lipinski definition) is 1. The Hall–Kier alpha value is -3.46. The average Bonchev–Trinajstić information content (AvgIpc) is 2.91. The molecule has 1 aromatic heterocycles. The maximum atomic E-state index is 13.8. The number of rotatable bonds is 3. The lowest BCUT2D eigenvalue weighted by molar-refractivity contribution is 0.0951. The molecular weight excluding hydrogens is 307 g/mol. The molecule has 6 heteroatoms. The first-order chi connectivity index (χ1) is 11.6. The minimum Gasteiger partial charge on any atom is -0.350 e. The van der Waals surface area contributed by atoms with E-state index in [2.05, 4.69) is 10.5 Å². The molecule has 5 nitrogen and oxygen atoms in total. The van der Waals surface area contributed by atoms with Crippen molar-refractivity contribution >= 4 is 23.0 Å². The summed E-state index contributed by atoms with van der Waals surface area (Å²) in [5, 5.41) is 13.6. The molecule has 1 N–H and O–H groups in total. The quantitative estimate of drug-likeness (QED) is 0.595. The number of carbonyl (C=O) groups is 1. The van der Waals surface area contributed by atoms with Crippen molar-refractivity contribution < 1.29 is 9.18 Å². The fourth-order valence-electron chi connectivity index (χ4n) is 2.47. The van der Waals surface area contributed by atoms with Gasteiger partial charge in [-0.3, -0.25) is 4.79 Å². The molecule has 0 saturated heterocycles. The summed E-state index contributed by atoms with van der Waals surface area (Å²) in [5.74, 6) is -1.43. The first-order valence-electron chi connectivity index (χ1n) is 7.17. The van der Waals surface area contributed by atoms with Crippen molar-refractivity contribution in [3.8, 4) is 6.07 Å². The molecule has 2 aromatic carbocycles. The molecule has 0 aliphatic carbocycles. The van der Waals surface area contributed by atoms with Crippen LogP contribution in [0.15, 0.2) is 53.8 Å². The van der Waals surface area contributed by atoms with Crippen LogP contribution in [0.1, 0.15) is 21.5 Å². The second-order valence-electron chi connectivity index (χ2n) is 5.22. The van der Waals surface area contributed by atoms with Gasteiger partial charge < -0.3 is 4.57 Å². The number of hydrogen-bond acceptors (Lipinski definition) is 3. The number of halogens is 1. The van der Waals surface area contributed by atoms with Crippen LogP contribution in [-0.4, -0.2) is 16.7 Å². The number of aryl methyl sites for hydroxylation is 1. The molecule has 0 fully saturated rings. The molecule has 0 radical (unpaired) electrons. The summed E-state index contributed by atoms with van der Waals surface area (Å²) >= 11 is 0. The highest BCUT2D eigenvalue weighted by molar-refractivity contribution is 6.00. The Morgan fingerprint density at radius 3 is 2.88 bits per heavy atom. The third-order valence-electron chi connectivity index (χ3n) is 3.64. The zero-order valence-corrected chi connectivity index (χ0v) is 12.8. The van der Waals surface area contributed by atoms with Crippen LogP contribution in [0.5, 0.6) is 0 Å². The van der Waals surface area contributed by atoms with Gasteiger partial charge in [0.2, 0.25) is 0 Å². The monoisotopic (exact) mass is 320 g/mol. The number of aromatic nitrogens is 1. The van der Waals surface area contributed by atoms with Crippen molar-refractivity contribution in [3.63, 3.8) is 0 Å². The lowest BCUT2D eigenvalue weighted by Crippen LogP contribution is -2.19. The highest BCUT2D eigenvalue weighted by Gasteiger charge is 2.11. The SMILES string of the molecule is Cn1cc(C=NNC(=O)c2ccc(C#N)cc2F)c2ccccc21. The fraction of sp³-hybridized carbons (Fsp3) is 0.0556. The lowest BCUT2D eigenvalue weighted by atomic mass is 10.1. The molecule has 0 atom stereocenters. The zero-order valence-electron chi connectivity index (χ0n) is 12.8. The molecule has 0 bridgehead atoms. The molecule has 1 amide bonds. The van der Waals surface area contributed by atoms with Crippen LogP contribution < -0.4 is 5.43 Å². The Kier molecular flexibility index (Phi) is 4.08. The van der Waals surface area contributed by atoms with E-state index in [0.717, 1.165) is 22.5 Å². The minimum absolute atomic E-state index is 0.156. The van der Waals surface area contributed by atoms with Crippen LogP contribution in [0.3, 0.4) is 0 Å². The summed E-state index contributed by atoms with van der Waals surface area (Å²) in [4.78, 5) is 12.0. The maximum absolute atomic E-state index is 13.8. The van der Waals surface area contributed by atoms with Gasteiger partial charge in [-0.2, -0.15) is 10.4 Å². The van der Waals surface area contributed by atoms with E-state index in [1.807, 2.05) is 48.1 Å². The van der Waals surface area contributed by atoms with Gasteiger partial charge in [0.05, 0.1) is 23.4 Å². The first kappa shape index (κ1) is 15.4. The summed E-state index contributed by atoms with van der Waals surface area (Å²) < 4.78 is 15.7. The van der Waals surface area contributed by atoms with Gasteiger partial charge in [-0.05, 0) is 24.3 Å². The summed E-state index contributed by atoms with van der Waals surface area (Å²) in [7, 11) is 1.92. The second kappa shape index (κ2) is 6.34. The summed E-state index contributed by atoms with van der Waals surface area (Å²) in [6, 6.07) is 13.3. The van der Waals surface area contributed by atoms with Crippen LogP contribution >= 0.6 is 0 Å². The van der Waals surface area contributed by atoms with Crippen molar-refractivity contribution in [1.82, 2.24) is 9.99 Å². The number of carbonyl (C=O) groups excluding carboxylic acids is 1. The molecule has 3 aromatic rings. The molecule has 0 spiro atoms. The highest BCUT2D eigenvalue weighted by Crippen LogP contribution is 2.18. The fourth-order valence-corrected chi connectivity index (χ4v) is 2.47. The number of amides is 1. The Morgan fingerprint density at radius 2 is 2.12 bits per heavy atom. The van der Waals surface area contributed by atoms with Gasteiger partial charge in [0.1, 0.15) is 5.82 Å². The van der Waals surface area contributed by atoms with Crippen LogP contribution in [0.2, 0.25) is 0 Å². The molecule has 0 aliphatic rings. The summed E-state index contributed by atoms with van der Waals surface area (Å²) in [6.45, 7) is 0. The number of hydrazone groups is 1. The number of para-hydroxylation sites is 1. The van der Waals surface area contributed by atoms with Crippen LogP contribution in [-0.2, 0) is 7.05 Å². The van der Waals surface area contributed by atoms with Gasteiger partial charge in [0, 0.05) is 29.7 Å². The van der Waals surface area contributed by atoms with E-state index < -0.39 is 11.7 Å². The van der Waals surface area contributed by atoms with Crippen LogP contribution in [0, 0.1) is 17.1 Å². The molecule has 118 valence electrons. The third-order valence-corrected chi connectivity index (χ3v) is 3.64. The zero-order chi connectivity index (χ0) is 17.1. The molecule has 1 heterocycles. The topological polar surface area (TPSA) is 70.2 Å². The first-order valence-corrected chi connectivity index (χ1v) is 7.17. The smallest absolute Gasteiger partial charge is 0.274 e. The van der Waals surface area contributed by atoms with Gasteiger partial charge in [-0.25, -0.2) is 9.82 Å². The Balaban J connectivity index is 1.79. The van der Waals surface area contributed by atoms with Crippen molar-refractivity contribution in [2.75, 3.05) is 0 Å². The van der Waals surface area contributed by atoms with Crippen LogP contribution in [0.4, 0.5) is 4.39 Å². The molecular formula is C18H13FN4O. The van der Waals surface area contributed by atoms with E-state index >= 15 is 0 Å². The van der Waals surface area contributed by atoms with Crippen molar-refractivity contribution in [1.29, 1.82) is 5.26 Å². The molecule has 0 aliphatic heterocycles. The summed E-state index contributed by atoms with van der Waals surface area (Å²) in [6.07, 6.45) is 3.41. The standard InChI is InChI=1S/C18H13FN4O/c1-23-11-13(14-4-2-3-5-17(14)23)10-21-22-18(24)15-7-6-12(9-20)8-16(15)19/h2-8,10-11H,1H3,(H,22,24). The number of fused-ring (bicyclic) bond motifs is 1. The highest BCUT2D eigenvalue weighted by atomic mass is 19.1. The van der Waals surface area contributed by atoms with E-state index in [4.69, 9.17) is 5.26 Å². The van der Waals surface area contributed by atoms with Crippen molar-refractivity contribution in [2.45, 2.75) is 0 Å². The Labute approximate surface area is 137 Å². The van der Waals surface area contributed by atoms with Gasteiger partial charge in [-0.15, -0.1) is 0 Å². The second-order valence-corrected chi connectivity index (χ2v) is 5.22. The Bertz CT molecular complexity index is 998. The lowest BCUT2D eigenvalue weighted by Gasteiger charge is -2.01. The average molecular weight is 320 g/mol. The normalized spacial score (nSPS) is 10.9. The molecule has 24 heavy (non-hydrogen) atoms. The predicted molar refractivity (Wildman–Crippen MR) is 89.1 cm³/mol. The molecule has 0 unspecified atom stereocenters. The van der Waals surface area contributed by atoms with Crippen LogP contribution in [0.25, 0.3) is 10.9 Å². The van der Waals surface area contributed by atoms with Crippen molar-refractivity contribution in [3.05, 3.63) is 71.2 Å². The van der Waals surface area contributed by atoms with Gasteiger partial charge in [0.15, 0.2) is 0 Å². The maximum Gasteiger partial charge on any atom is 0.274 e. The van der Waals surface area contributed by atoms with Gasteiger partial charge in [0.25, 0.3) is 5.91 Å². The number of nitriles is 1. The van der Waals surface area contributed by atoms with E-state index in [1.54, 1.807) is 0 Å². The number of nitrogens with zero attached hydrogens (tertiary/aromatic N) is 3.